The lowest BCUT2D eigenvalue weighted by atomic mass is 9.86. The van der Waals surface area contributed by atoms with Gasteiger partial charge in [-0.1, -0.05) is 44.2 Å². The quantitative estimate of drug-likeness (QED) is 0.267. The molecule has 0 fully saturated rings. The highest BCUT2D eigenvalue weighted by atomic mass is 79.9. The van der Waals surface area contributed by atoms with Crippen LogP contribution in [0.25, 0.3) is 16.6 Å². The summed E-state index contributed by atoms with van der Waals surface area (Å²) in [6, 6.07) is 17.8. The van der Waals surface area contributed by atoms with Gasteiger partial charge < -0.3 is 9.30 Å². The second-order valence-electron chi connectivity index (χ2n) is 8.39. The van der Waals surface area contributed by atoms with Crippen molar-refractivity contribution in [2.24, 2.45) is 0 Å². The fourth-order valence-corrected chi connectivity index (χ4v) is 5.04. The molecule has 3 nitrogen and oxygen atoms in total. The smallest absolute Gasteiger partial charge is 0.160 e. The average molecular weight is 513 g/mol. The van der Waals surface area contributed by atoms with Gasteiger partial charge in [-0.15, -0.1) is 0 Å². The molecule has 3 aromatic carbocycles. The molecule has 0 unspecified atom stereocenters. The SMILES string of the molecule is CC(C)(CC#N)c1c(Br)c2c(OCc3ccccc3)cc(F)cc2n1-c1ccc(F)c(F)c1. The van der Waals surface area contributed by atoms with Gasteiger partial charge in [0.15, 0.2) is 11.6 Å². The van der Waals surface area contributed by atoms with Crippen LogP contribution in [-0.2, 0) is 12.0 Å². The van der Waals surface area contributed by atoms with Crippen LogP contribution < -0.4 is 4.74 Å². The van der Waals surface area contributed by atoms with Gasteiger partial charge in [-0.2, -0.15) is 5.26 Å². The van der Waals surface area contributed by atoms with Gasteiger partial charge in [-0.25, -0.2) is 13.2 Å². The molecule has 0 saturated heterocycles. The van der Waals surface area contributed by atoms with E-state index in [0.29, 0.717) is 32.5 Å². The van der Waals surface area contributed by atoms with E-state index in [0.717, 1.165) is 17.7 Å². The Labute approximate surface area is 198 Å². The van der Waals surface area contributed by atoms with Crippen molar-refractivity contribution in [1.82, 2.24) is 4.57 Å². The molecular weight excluding hydrogens is 493 g/mol. The Balaban J connectivity index is 1.99. The van der Waals surface area contributed by atoms with Gasteiger partial charge in [0.2, 0.25) is 0 Å². The lowest BCUT2D eigenvalue weighted by molar-refractivity contribution is 0.308. The number of fused-ring (bicyclic) bond motifs is 1. The summed E-state index contributed by atoms with van der Waals surface area (Å²) in [5.41, 5.74) is 1.56. The molecule has 0 aliphatic carbocycles. The largest absolute Gasteiger partial charge is 0.488 e. The second kappa shape index (κ2) is 8.95. The molecule has 0 amide bonds. The number of halogens is 4. The average Bonchev–Trinajstić information content (AvgIpc) is 3.07. The van der Waals surface area contributed by atoms with Crippen LogP contribution in [0, 0.1) is 28.8 Å². The Bertz CT molecular complexity index is 1370. The Hall–Kier alpha value is -3.24. The number of rotatable bonds is 6. The summed E-state index contributed by atoms with van der Waals surface area (Å²) < 4.78 is 50.8. The lowest BCUT2D eigenvalue weighted by Crippen LogP contribution is -2.21. The van der Waals surface area contributed by atoms with E-state index in [2.05, 4.69) is 22.0 Å². The van der Waals surface area contributed by atoms with Gasteiger partial charge in [-0.3, -0.25) is 0 Å². The summed E-state index contributed by atoms with van der Waals surface area (Å²) in [7, 11) is 0. The predicted octanol–water partition coefficient (Wildman–Crippen LogP) is 7.58. The van der Waals surface area contributed by atoms with Crippen LogP contribution in [0.1, 0.15) is 31.5 Å². The number of nitriles is 1. The first-order valence-corrected chi connectivity index (χ1v) is 11.1. The zero-order valence-electron chi connectivity index (χ0n) is 18.0. The third-order valence-corrected chi connectivity index (χ3v) is 6.27. The van der Waals surface area contributed by atoms with Crippen LogP contribution in [0.3, 0.4) is 0 Å². The topological polar surface area (TPSA) is 37.9 Å². The molecule has 168 valence electrons. The summed E-state index contributed by atoms with van der Waals surface area (Å²) in [5.74, 6) is -2.24. The van der Waals surface area contributed by atoms with Crippen LogP contribution in [0.2, 0.25) is 0 Å². The zero-order chi connectivity index (χ0) is 23.8. The van der Waals surface area contributed by atoms with Crippen molar-refractivity contribution in [2.45, 2.75) is 32.3 Å². The van der Waals surface area contributed by atoms with E-state index >= 15 is 0 Å². The van der Waals surface area contributed by atoms with Crippen molar-refractivity contribution in [3.8, 4) is 17.5 Å². The predicted molar refractivity (Wildman–Crippen MR) is 125 cm³/mol. The molecule has 4 rings (SSSR count). The van der Waals surface area contributed by atoms with E-state index in [1.807, 2.05) is 44.2 Å². The van der Waals surface area contributed by atoms with Crippen molar-refractivity contribution in [3.63, 3.8) is 0 Å². The molecular formula is C26H20BrF3N2O. The first-order chi connectivity index (χ1) is 15.7. The minimum Gasteiger partial charge on any atom is -0.488 e. The second-order valence-corrected chi connectivity index (χ2v) is 9.18. The van der Waals surface area contributed by atoms with Crippen molar-refractivity contribution in [2.75, 3.05) is 0 Å². The normalized spacial score (nSPS) is 11.5. The first-order valence-electron chi connectivity index (χ1n) is 10.3. The highest BCUT2D eigenvalue weighted by molar-refractivity contribution is 9.10. The van der Waals surface area contributed by atoms with Crippen LogP contribution >= 0.6 is 15.9 Å². The van der Waals surface area contributed by atoms with E-state index < -0.39 is 22.9 Å². The summed E-state index contributed by atoms with van der Waals surface area (Å²) in [6.07, 6.45) is 0.147. The number of nitrogens with zero attached hydrogens (tertiary/aromatic N) is 2. The highest BCUT2D eigenvalue weighted by Crippen LogP contribution is 2.45. The van der Waals surface area contributed by atoms with E-state index in [4.69, 9.17) is 4.74 Å². The summed E-state index contributed by atoms with van der Waals surface area (Å²) >= 11 is 3.64. The molecule has 0 bridgehead atoms. The maximum absolute atomic E-state index is 14.8. The number of aromatic nitrogens is 1. The minimum absolute atomic E-state index is 0.147. The molecule has 0 aliphatic rings. The Morgan fingerprint density at radius 3 is 2.39 bits per heavy atom. The van der Waals surface area contributed by atoms with Crippen molar-refractivity contribution >= 4 is 26.8 Å². The van der Waals surface area contributed by atoms with Crippen molar-refractivity contribution in [3.05, 3.63) is 93.8 Å². The molecule has 0 radical (unpaired) electrons. The van der Waals surface area contributed by atoms with E-state index in [-0.39, 0.29) is 13.0 Å². The standard InChI is InChI=1S/C26H20BrF3N2O/c1-26(2,10-11-31)25-24(27)23-21(32(25)18-8-9-19(29)20(30)14-18)12-17(28)13-22(23)33-15-16-6-4-3-5-7-16/h3-9,12-14H,10,15H2,1-2H3. The van der Waals surface area contributed by atoms with E-state index in [1.165, 1.54) is 18.2 Å². The van der Waals surface area contributed by atoms with Gasteiger partial charge in [-0.05, 0) is 39.7 Å². The van der Waals surface area contributed by atoms with Gasteiger partial charge in [0.05, 0.1) is 21.4 Å². The molecule has 33 heavy (non-hydrogen) atoms. The van der Waals surface area contributed by atoms with Gasteiger partial charge in [0, 0.05) is 35.3 Å². The molecule has 0 atom stereocenters. The third kappa shape index (κ3) is 4.36. The minimum atomic E-state index is -1.02. The van der Waals surface area contributed by atoms with Gasteiger partial charge >= 0.3 is 0 Å². The van der Waals surface area contributed by atoms with Crippen molar-refractivity contribution in [1.29, 1.82) is 5.26 Å². The van der Waals surface area contributed by atoms with Crippen LogP contribution in [-0.4, -0.2) is 4.57 Å². The number of hydrogen-bond donors (Lipinski definition) is 0. The number of ether oxygens (including phenoxy) is 1. The highest BCUT2D eigenvalue weighted by Gasteiger charge is 2.32. The Morgan fingerprint density at radius 2 is 1.73 bits per heavy atom. The van der Waals surface area contributed by atoms with Gasteiger partial charge in [0.1, 0.15) is 18.2 Å². The van der Waals surface area contributed by atoms with Crippen LogP contribution in [0.4, 0.5) is 13.2 Å². The third-order valence-electron chi connectivity index (χ3n) is 5.50. The summed E-state index contributed by atoms with van der Waals surface area (Å²) in [5, 5.41) is 9.99. The zero-order valence-corrected chi connectivity index (χ0v) is 19.6. The molecule has 4 aromatic rings. The monoisotopic (exact) mass is 512 g/mol. The van der Waals surface area contributed by atoms with E-state index in [9.17, 15) is 18.4 Å². The number of hydrogen-bond acceptors (Lipinski definition) is 2. The number of benzene rings is 3. The molecule has 0 saturated carbocycles. The molecule has 1 heterocycles. The first kappa shape index (κ1) is 22.9. The summed E-state index contributed by atoms with van der Waals surface area (Å²) in [4.78, 5) is 0. The molecule has 0 N–H and O–H groups in total. The summed E-state index contributed by atoms with van der Waals surface area (Å²) in [6.45, 7) is 3.96. The fraction of sp³-hybridized carbons (Fsp3) is 0.192. The van der Waals surface area contributed by atoms with Gasteiger partial charge in [0.25, 0.3) is 0 Å². The van der Waals surface area contributed by atoms with E-state index in [1.54, 1.807) is 4.57 Å². The Morgan fingerprint density at radius 1 is 1.00 bits per heavy atom. The lowest BCUT2D eigenvalue weighted by Gasteiger charge is -2.25. The Kier molecular flexibility index (Phi) is 6.22. The molecule has 0 aliphatic heterocycles. The molecule has 7 heteroatoms. The molecule has 0 spiro atoms. The van der Waals surface area contributed by atoms with Crippen molar-refractivity contribution < 1.29 is 17.9 Å². The maximum atomic E-state index is 14.8. The fourth-order valence-electron chi connectivity index (χ4n) is 3.92. The maximum Gasteiger partial charge on any atom is 0.160 e. The van der Waals surface area contributed by atoms with Crippen LogP contribution in [0.15, 0.2) is 65.1 Å². The van der Waals surface area contributed by atoms with Crippen LogP contribution in [0.5, 0.6) is 5.75 Å². The molecule has 1 aromatic heterocycles.